The molecule has 2 aromatic rings. The molecule has 0 spiro atoms. The molecule has 160 valence electrons. The van der Waals surface area contributed by atoms with Gasteiger partial charge in [-0.3, -0.25) is 9.59 Å². The van der Waals surface area contributed by atoms with E-state index in [1.807, 2.05) is 50.2 Å². The molecule has 0 saturated heterocycles. The van der Waals surface area contributed by atoms with Crippen LogP contribution in [0, 0.1) is 0 Å². The van der Waals surface area contributed by atoms with Gasteiger partial charge in [0.15, 0.2) is 0 Å². The number of benzene rings is 2. The van der Waals surface area contributed by atoms with Gasteiger partial charge in [-0.25, -0.2) is 0 Å². The Hall–Kier alpha value is -3.02. The summed E-state index contributed by atoms with van der Waals surface area (Å²) in [5, 5.41) is 9.21. The van der Waals surface area contributed by atoms with Gasteiger partial charge in [0.05, 0.1) is 6.61 Å². The predicted molar refractivity (Wildman–Crippen MR) is 120 cm³/mol. The first-order valence-electron chi connectivity index (χ1n) is 10.8. The molecule has 0 heterocycles. The highest BCUT2D eigenvalue weighted by Crippen LogP contribution is 2.19. The highest BCUT2D eigenvalue weighted by Gasteiger charge is 2.19. The Morgan fingerprint density at radius 3 is 2.23 bits per heavy atom. The van der Waals surface area contributed by atoms with Crippen LogP contribution < -0.4 is 20.7 Å². The second kappa shape index (κ2) is 10.7. The summed E-state index contributed by atoms with van der Waals surface area (Å²) >= 11 is 0. The standard InChI is InChI=1S/C24H31N3O3/c1-3-30-22-15-13-21(14-16-22)27-24(29)18-9-11-20(12-10-18)25-17(2)23(28)26-19-7-5-4-6-8-19/h9-17,19,25H,3-8H2,1-2H3,(H,26,28)(H,27,29). The summed E-state index contributed by atoms with van der Waals surface area (Å²) in [5.41, 5.74) is 2.06. The topological polar surface area (TPSA) is 79.5 Å². The van der Waals surface area contributed by atoms with Gasteiger partial charge in [0.25, 0.3) is 5.91 Å². The Bertz CT molecular complexity index is 828. The fourth-order valence-electron chi connectivity index (χ4n) is 3.61. The van der Waals surface area contributed by atoms with Crippen molar-refractivity contribution in [2.24, 2.45) is 0 Å². The van der Waals surface area contributed by atoms with Crippen molar-refractivity contribution in [3.63, 3.8) is 0 Å². The number of rotatable bonds is 8. The lowest BCUT2D eigenvalue weighted by Crippen LogP contribution is -2.44. The van der Waals surface area contributed by atoms with Crippen LogP contribution in [0.2, 0.25) is 0 Å². The summed E-state index contributed by atoms with van der Waals surface area (Å²) in [7, 11) is 0. The van der Waals surface area contributed by atoms with Crippen LogP contribution in [0.15, 0.2) is 48.5 Å². The van der Waals surface area contributed by atoms with E-state index in [0.29, 0.717) is 23.9 Å². The Morgan fingerprint density at radius 2 is 1.60 bits per heavy atom. The first kappa shape index (κ1) is 21.7. The van der Waals surface area contributed by atoms with E-state index in [9.17, 15) is 9.59 Å². The van der Waals surface area contributed by atoms with E-state index < -0.39 is 0 Å². The third kappa shape index (κ3) is 6.24. The second-order valence-electron chi connectivity index (χ2n) is 7.70. The third-order valence-electron chi connectivity index (χ3n) is 5.30. The lowest BCUT2D eigenvalue weighted by Gasteiger charge is -2.25. The van der Waals surface area contributed by atoms with Gasteiger partial charge in [-0.1, -0.05) is 19.3 Å². The number of ether oxygens (including phenoxy) is 1. The number of nitrogens with one attached hydrogen (secondary N) is 3. The van der Waals surface area contributed by atoms with Crippen LogP contribution >= 0.6 is 0 Å². The zero-order valence-electron chi connectivity index (χ0n) is 17.7. The average molecular weight is 410 g/mol. The molecule has 1 unspecified atom stereocenters. The van der Waals surface area contributed by atoms with Crippen molar-refractivity contribution in [2.45, 2.75) is 58.0 Å². The lowest BCUT2D eigenvalue weighted by molar-refractivity contribution is -0.122. The lowest BCUT2D eigenvalue weighted by atomic mass is 9.95. The first-order chi connectivity index (χ1) is 14.5. The van der Waals surface area contributed by atoms with Crippen molar-refractivity contribution >= 4 is 23.2 Å². The van der Waals surface area contributed by atoms with E-state index in [1.54, 1.807) is 12.1 Å². The Labute approximate surface area is 178 Å². The number of anilines is 2. The van der Waals surface area contributed by atoms with Gasteiger partial charge >= 0.3 is 0 Å². The highest BCUT2D eigenvalue weighted by atomic mass is 16.5. The molecule has 1 aliphatic rings. The van der Waals surface area contributed by atoms with E-state index in [1.165, 1.54) is 19.3 Å². The maximum Gasteiger partial charge on any atom is 0.255 e. The summed E-state index contributed by atoms with van der Waals surface area (Å²) in [4.78, 5) is 24.9. The van der Waals surface area contributed by atoms with Crippen molar-refractivity contribution in [2.75, 3.05) is 17.2 Å². The molecule has 1 aliphatic carbocycles. The van der Waals surface area contributed by atoms with Gasteiger partial charge in [-0.15, -0.1) is 0 Å². The summed E-state index contributed by atoms with van der Waals surface area (Å²) in [6.45, 7) is 4.38. The summed E-state index contributed by atoms with van der Waals surface area (Å²) in [5.74, 6) is 0.598. The molecule has 1 saturated carbocycles. The predicted octanol–water partition coefficient (Wildman–Crippen LogP) is 4.59. The number of hydrogen-bond donors (Lipinski definition) is 3. The van der Waals surface area contributed by atoms with E-state index in [2.05, 4.69) is 16.0 Å². The molecule has 0 aromatic heterocycles. The minimum absolute atomic E-state index is 0.0132. The average Bonchev–Trinajstić information content (AvgIpc) is 2.76. The fraction of sp³-hybridized carbons (Fsp3) is 0.417. The molecule has 0 radical (unpaired) electrons. The van der Waals surface area contributed by atoms with Crippen LogP contribution in [-0.2, 0) is 4.79 Å². The molecule has 3 rings (SSSR count). The van der Waals surface area contributed by atoms with Crippen molar-refractivity contribution in [3.05, 3.63) is 54.1 Å². The number of carbonyl (C=O) groups excluding carboxylic acids is 2. The minimum atomic E-state index is -0.338. The molecule has 0 aliphatic heterocycles. The largest absolute Gasteiger partial charge is 0.494 e. The monoisotopic (exact) mass is 409 g/mol. The number of amides is 2. The molecule has 3 N–H and O–H groups in total. The van der Waals surface area contributed by atoms with Gasteiger partial charge in [-0.05, 0) is 75.2 Å². The van der Waals surface area contributed by atoms with E-state index >= 15 is 0 Å². The Kier molecular flexibility index (Phi) is 7.71. The Morgan fingerprint density at radius 1 is 0.967 bits per heavy atom. The zero-order chi connectivity index (χ0) is 21.3. The Balaban J connectivity index is 1.50. The SMILES string of the molecule is CCOc1ccc(NC(=O)c2ccc(NC(C)C(=O)NC3CCCCC3)cc2)cc1. The molecule has 6 heteroatoms. The quantitative estimate of drug-likeness (QED) is 0.596. The molecule has 0 bridgehead atoms. The summed E-state index contributed by atoms with van der Waals surface area (Å²) < 4.78 is 5.41. The van der Waals surface area contributed by atoms with Crippen molar-refractivity contribution in [1.82, 2.24) is 5.32 Å². The van der Waals surface area contributed by atoms with Gasteiger partial charge in [0.1, 0.15) is 11.8 Å². The van der Waals surface area contributed by atoms with Crippen molar-refractivity contribution < 1.29 is 14.3 Å². The van der Waals surface area contributed by atoms with Crippen LogP contribution in [0.5, 0.6) is 5.75 Å². The van der Waals surface area contributed by atoms with Gasteiger partial charge in [0.2, 0.25) is 5.91 Å². The molecule has 30 heavy (non-hydrogen) atoms. The second-order valence-corrected chi connectivity index (χ2v) is 7.70. The molecule has 1 fully saturated rings. The maximum atomic E-state index is 12.5. The number of hydrogen-bond acceptors (Lipinski definition) is 4. The number of carbonyl (C=O) groups is 2. The van der Waals surface area contributed by atoms with Gasteiger partial charge in [-0.2, -0.15) is 0 Å². The first-order valence-corrected chi connectivity index (χ1v) is 10.8. The van der Waals surface area contributed by atoms with E-state index in [-0.39, 0.29) is 17.9 Å². The summed E-state index contributed by atoms with van der Waals surface area (Å²) in [6.07, 6.45) is 5.77. The van der Waals surface area contributed by atoms with E-state index in [0.717, 1.165) is 24.3 Å². The minimum Gasteiger partial charge on any atom is -0.494 e. The molecule has 1 atom stereocenters. The van der Waals surface area contributed by atoms with E-state index in [4.69, 9.17) is 4.74 Å². The van der Waals surface area contributed by atoms with Crippen LogP contribution in [0.4, 0.5) is 11.4 Å². The molecule has 2 aromatic carbocycles. The highest BCUT2D eigenvalue weighted by molar-refractivity contribution is 6.04. The smallest absolute Gasteiger partial charge is 0.255 e. The molecule has 2 amide bonds. The summed E-state index contributed by atoms with van der Waals surface area (Å²) in [6, 6.07) is 14.4. The molecular weight excluding hydrogens is 378 g/mol. The van der Waals surface area contributed by atoms with Crippen LogP contribution in [0.25, 0.3) is 0 Å². The van der Waals surface area contributed by atoms with Gasteiger partial charge < -0.3 is 20.7 Å². The van der Waals surface area contributed by atoms with Crippen LogP contribution in [-0.4, -0.2) is 30.5 Å². The third-order valence-corrected chi connectivity index (χ3v) is 5.30. The maximum absolute atomic E-state index is 12.5. The molecule has 6 nitrogen and oxygen atoms in total. The fourth-order valence-corrected chi connectivity index (χ4v) is 3.61. The normalized spacial score (nSPS) is 15.1. The molecular formula is C24H31N3O3. The van der Waals surface area contributed by atoms with Gasteiger partial charge in [0, 0.05) is 23.0 Å². The van der Waals surface area contributed by atoms with Crippen LogP contribution in [0.1, 0.15) is 56.3 Å². The van der Waals surface area contributed by atoms with Crippen LogP contribution in [0.3, 0.4) is 0 Å². The van der Waals surface area contributed by atoms with Crippen molar-refractivity contribution in [3.8, 4) is 5.75 Å². The zero-order valence-corrected chi connectivity index (χ0v) is 17.7. The van der Waals surface area contributed by atoms with Crippen molar-refractivity contribution in [1.29, 1.82) is 0 Å².